The highest BCUT2D eigenvalue weighted by atomic mass is 32.2. The van der Waals surface area contributed by atoms with E-state index >= 15 is 0 Å². The topological polar surface area (TPSA) is 103 Å². The number of hydrogen-bond donors (Lipinski definition) is 1. The molecule has 0 atom stereocenters. The maximum absolute atomic E-state index is 10.9. The van der Waals surface area contributed by atoms with E-state index < -0.39 is 9.84 Å². The Hall–Kier alpha value is -1.64. The molecule has 0 spiro atoms. The van der Waals surface area contributed by atoms with E-state index in [4.69, 9.17) is 9.47 Å². The van der Waals surface area contributed by atoms with Crippen LogP contribution in [-0.4, -0.2) is 56.1 Å². The summed E-state index contributed by atoms with van der Waals surface area (Å²) in [5, 5.41) is 2.88. The van der Waals surface area contributed by atoms with Gasteiger partial charge in [-0.1, -0.05) is 0 Å². The Morgan fingerprint density at radius 2 is 1.67 bits per heavy atom. The molecule has 0 radical (unpaired) electrons. The first-order valence-corrected chi connectivity index (χ1v) is 7.26. The molecule has 0 bridgehead atoms. The molecular formula is C9H16N4O4S. The fourth-order valence-corrected chi connectivity index (χ4v) is 1.80. The molecule has 8 nitrogen and oxygen atoms in total. The molecule has 1 N–H and O–H groups in total. The van der Waals surface area contributed by atoms with Gasteiger partial charge in [0.05, 0.1) is 20.0 Å². The Morgan fingerprint density at radius 1 is 1.11 bits per heavy atom. The fraction of sp³-hybridized carbons (Fsp3) is 0.667. The maximum Gasteiger partial charge on any atom is 0.324 e. The normalized spacial score (nSPS) is 11.1. The van der Waals surface area contributed by atoms with E-state index in [1.54, 1.807) is 0 Å². The summed E-state index contributed by atoms with van der Waals surface area (Å²) < 4.78 is 31.6. The predicted octanol–water partition coefficient (Wildman–Crippen LogP) is -0.265. The third-order valence-electron chi connectivity index (χ3n) is 1.93. The minimum Gasteiger partial charge on any atom is -0.467 e. The first kappa shape index (κ1) is 14.4. The highest BCUT2D eigenvalue weighted by molar-refractivity contribution is 7.90. The van der Waals surface area contributed by atoms with Gasteiger partial charge in [0.2, 0.25) is 5.95 Å². The Labute approximate surface area is 106 Å². The van der Waals surface area contributed by atoms with Crippen LogP contribution in [-0.2, 0) is 9.84 Å². The lowest BCUT2D eigenvalue weighted by molar-refractivity contribution is 0.341. The van der Waals surface area contributed by atoms with E-state index in [9.17, 15) is 8.42 Å². The molecule has 0 unspecified atom stereocenters. The number of methoxy groups -OCH3 is 2. The van der Waals surface area contributed by atoms with E-state index in [0.717, 1.165) is 0 Å². The Morgan fingerprint density at radius 3 is 2.11 bits per heavy atom. The van der Waals surface area contributed by atoms with E-state index in [-0.39, 0.29) is 23.7 Å². The van der Waals surface area contributed by atoms with E-state index in [0.29, 0.717) is 13.0 Å². The van der Waals surface area contributed by atoms with Crippen molar-refractivity contribution in [3.63, 3.8) is 0 Å². The molecule has 0 saturated carbocycles. The molecule has 0 aliphatic heterocycles. The molecule has 0 fully saturated rings. The maximum atomic E-state index is 10.9. The molecule has 1 aromatic rings. The molecule has 0 saturated heterocycles. The standard InChI is InChI=1S/C9H16N4O4S/c1-16-8-11-7(12-9(13-8)17-2)10-5-4-6-18(3,14)15/h4-6H2,1-3H3,(H,10,11,12,13). The SMILES string of the molecule is COc1nc(NCCCS(C)(=O)=O)nc(OC)n1. The smallest absolute Gasteiger partial charge is 0.324 e. The zero-order chi connectivity index (χ0) is 13.6. The Kier molecular flexibility index (Phi) is 5.08. The van der Waals surface area contributed by atoms with Crippen molar-refractivity contribution < 1.29 is 17.9 Å². The summed E-state index contributed by atoms with van der Waals surface area (Å²) in [5.74, 6) is 0.395. The number of hydrogen-bond acceptors (Lipinski definition) is 8. The number of nitrogens with zero attached hydrogens (tertiary/aromatic N) is 3. The van der Waals surface area contributed by atoms with Crippen molar-refractivity contribution in [3.05, 3.63) is 0 Å². The molecule has 0 aromatic carbocycles. The van der Waals surface area contributed by atoms with E-state index in [1.807, 2.05) is 0 Å². The summed E-state index contributed by atoms with van der Waals surface area (Å²) in [6.07, 6.45) is 1.66. The molecule has 1 rings (SSSR count). The lowest BCUT2D eigenvalue weighted by atomic mass is 10.5. The molecule has 0 amide bonds. The van der Waals surface area contributed by atoms with Gasteiger partial charge in [0.25, 0.3) is 0 Å². The summed E-state index contributed by atoms with van der Waals surface area (Å²) in [7, 11) is -0.0813. The molecule has 102 valence electrons. The summed E-state index contributed by atoms with van der Waals surface area (Å²) in [4.78, 5) is 11.7. The van der Waals surface area contributed by atoms with Crippen LogP contribution in [0.2, 0.25) is 0 Å². The zero-order valence-corrected chi connectivity index (χ0v) is 11.3. The number of anilines is 1. The zero-order valence-electron chi connectivity index (χ0n) is 10.5. The number of sulfone groups is 1. The second kappa shape index (κ2) is 6.34. The van der Waals surface area contributed by atoms with Gasteiger partial charge in [-0.25, -0.2) is 8.42 Å². The van der Waals surface area contributed by atoms with Gasteiger partial charge in [0.1, 0.15) is 9.84 Å². The number of ether oxygens (including phenoxy) is 2. The second-order valence-electron chi connectivity index (χ2n) is 3.54. The highest BCUT2D eigenvalue weighted by Crippen LogP contribution is 2.11. The van der Waals surface area contributed by atoms with Crippen molar-refractivity contribution in [2.45, 2.75) is 6.42 Å². The van der Waals surface area contributed by atoms with Crippen molar-refractivity contribution >= 4 is 15.8 Å². The third-order valence-corrected chi connectivity index (χ3v) is 2.96. The van der Waals surface area contributed by atoms with E-state index in [2.05, 4.69) is 20.3 Å². The molecule has 1 aromatic heterocycles. The first-order valence-electron chi connectivity index (χ1n) is 5.20. The van der Waals surface area contributed by atoms with Gasteiger partial charge in [-0.2, -0.15) is 9.97 Å². The highest BCUT2D eigenvalue weighted by Gasteiger charge is 2.07. The number of nitrogens with one attached hydrogen (secondary N) is 1. The fourth-order valence-electron chi connectivity index (χ4n) is 1.13. The summed E-state index contributed by atoms with van der Waals surface area (Å²) in [6, 6.07) is 0.264. The van der Waals surface area contributed by atoms with Gasteiger partial charge in [0.15, 0.2) is 0 Å². The minimum absolute atomic E-state index is 0.110. The quantitative estimate of drug-likeness (QED) is 0.679. The molecule has 0 aliphatic rings. The van der Waals surface area contributed by atoms with Crippen molar-refractivity contribution in [1.82, 2.24) is 15.0 Å². The van der Waals surface area contributed by atoms with Crippen LogP contribution in [0.4, 0.5) is 5.95 Å². The number of rotatable bonds is 7. The average Bonchev–Trinajstić information content (AvgIpc) is 2.33. The Balaban J connectivity index is 2.56. The van der Waals surface area contributed by atoms with Crippen LogP contribution in [0.1, 0.15) is 6.42 Å². The summed E-state index contributed by atoms with van der Waals surface area (Å²) in [6.45, 7) is 0.434. The van der Waals surface area contributed by atoms with Gasteiger partial charge in [-0.05, 0) is 6.42 Å². The predicted molar refractivity (Wildman–Crippen MR) is 65.7 cm³/mol. The lowest BCUT2D eigenvalue weighted by Crippen LogP contribution is -2.12. The van der Waals surface area contributed by atoms with Crippen LogP contribution in [0.15, 0.2) is 0 Å². The third kappa shape index (κ3) is 5.13. The largest absolute Gasteiger partial charge is 0.467 e. The number of aromatic nitrogens is 3. The van der Waals surface area contributed by atoms with Gasteiger partial charge in [0, 0.05) is 12.8 Å². The van der Waals surface area contributed by atoms with Crippen LogP contribution < -0.4 is 14.8 Å². The van der Waals surface area contributed by atoms with Crippen LogP contribution in [0, 0.1) is 0 Å². The van der Waals surface area contributed by atoms with Gasteiger partial charge < -0.3 is 14.8 Å². The van der Waals surface area contributed by atoms with Crippen molar-refractivity contribution in [3.8, 4) is 12.0 Å². The first-order chi connectivity index (χ1) is 8.44. The van der Waals surface area contributed by atoms with Gasteiger partial charge in [-0.3, -0.25) is 0 Å². The van der Waals surface area contributed by atoms with Crippen LogP contribution in [0.3, 0.4) is 0 Å². The molecular weight excluding hydrogens is 260 g/mol. The van der Waals surface area contributed by atoms with Crippen LogP contribution >= 0.6 is 0 Å². The average molecular weight is 276 g/mol. The lowest BCUT2D eigenvalue weighted by Gasteiger charge is -2.06. The molecule has 0 aliphatic carbocycles. The second-order valence-corrected chi connectivity index (χ2v) is 5.80. The van der Waals surface area contributed by atoms with Gasteiger partial charge in [-0.15, -0.1) is 4.98 Å². The molecule has 1 heterocycles. The molecule has 9 heteroatoms. The minimum atomic E-state index is -2.95. The van der Waals surface area contributed by atoms with Crippen molar-refractivity contribution in [2.24, 2.45) is 0 Å². The Bertz CT molecular complexity index is 469. The summed E-state index contributed by atoms with van der Waals surface area (Å²) in [5.41, 5.74) is 0. The monoisotopic (exact) mass is 276 g/mol. The van der Waals surface area contributed by atoms with Crippen molar-refractivity contribution in [2.75, 3.05) is 38.1 Å². The summed E-state index contributed by atoms with van der Waals surface area (Å²) >= 11 is 0. The molecule has 18 heavy (non-hydrogen) atoms. The van der Waals surface area contributed by atoms with Gasteiger partial charge >= 0.3 is 12.0 Å². The van der Waals surface area contributed by atoms with Crippen molar-refractivity contribution in [1.29, 1.82) is 0 Å². The van der Waals surface area contributed by atoms with Crippen LogP contribution in [0.25, 0.3) is 0 Å². The van der Waals surface area contributed by atoms with Crippen LogP contribution in [0.5, 0.6) is 12.0 Å². The van der Waals surface area contributed by atoms with E-state index in [1.165, 1.54) is 20.5 Å².